The van der Waals surface area contributed by atoms with Gasteiger partial charge in [-0.05, 0) is 65.8 Å². The van der Waals surface area contributed by atoms with Crippen LogP contribution in [0.25, 0.3) is 87.6 Å². The number of furan rings is 1. The quantitative estimate of drug-likeness (QED) is 0.201. The summed E-state index contributed by atoms with van der Waals surface area (Å²) in [5, 5.41) is 10.9. The van der Waals surface area contributed by atoms with E-state index < -0.39 is 0 Å². The van der Waals surface area contributed by atoms with Crippen LogP contribution in [0.4, 0.5) is 0 Å². The summed E-state index contributed by atoms with van der Waals surface area (Å²) in [6, 6.07) is 56.6. The van der Waals surface area contributed by atoms with E-state index in [0.29, 0.717) is 0 Å². The highest BCUT2D eigenvalue weighted by Crippen LogP contribution is 2.50. The van der Waals surface area contributed by atoms with Gasteiger partial charge in [-0.2, -0.15) is 0 Å². The summed E-state index contributed by atoms with van der Waals surface area (Å²) >= 11 is 0. The molecule has 0 radical (unpaired) electrons. The van der Waals surface area contributed by atoms with Crippen LogP contribution in [0.15, 0.2) is 162 Å². The fourth-order valence-electron chi connectivity index (χ4n) is 7.03. The van der Waals surface area contributed by atoms with Crippen molar-refractivity contribution in [2.45, 2.75) is 0 Å². The molecule has 1 aromatic heterocycles. The molecule has 0 unspecified atom stereocenters. The molecule has 1 nitrogen and oxygen atoms in total. The maximum Gasteiger partial charge on any atom is 0.144 e. The third-order valence-electron chi connectivity index (χ3n) is 8.86. The first-order valence-electron chi connectivity index (χ1n) is 14.8. The first kappa shape index (κ1) is 24.0. The van der Waals surface area contributed by atoms with Gasteiger partial charge >= 0.3 is 0 Å². The summed E-state index contributed by atoms with van der Waals surface area (Å²) in [5.74, 6) is 0.912. The molecule has 0 aliphatic carbocycles. The van der Waals surface area contributed by atoms with Gasteiger partial charge in [0, 0.05) is 16.5 Å². The minimum atomic E-state index is 0.902. The van der Waals surface area contributed by atoms with Crippen LogP contribution in [0.1, 0.15) is 0 Å². The Morgan fingerprint density at radius 2 is 0.837 bits per heavy atom. The van der Waals surface area contributed by atoms with Crippen molar-refractivity contribution < 1.29 is 4.42 Å². The molecule has 0 amide bonds. The van der Waals surface area contributed by atoms with Gasteiger partial charge in [0.05, 0.1) is 0 Å². The molecule has 0 spiro atoms. The molecule has 0 atom stereocenters. The molecule has 0 fully saturated rings. The zero-order valence-corrected chi connectivity index (χ0v) is 23.4. The van der Waals surface area contributed by atoms with Crippen molar-refractivity contribution in [3.05, 3.63) is 158 Å². The summed E-state index contributed by atoms with van der Waals surface area (Å²) in [6.45, 7) is 0. The van der Waals surface area contributed by atoms with Gasteiger partial charge in [-0.1, -0.05) is 152 Å². The van der Waals surface area contributed by atoms with Crippen LogP contribution in [0.5, 0.6) is 0 Å². The Bertz CT molecular complexity index is 2440. The van der Waals surface area contributed by atoms with Gasteiger partial charge in [0.2, 0.25) is 0 Å². The molecule has 1 heterocycles. The molecular weight excluding hydrogens is 520 g/mol. The molecule has 9 aromatic rings. The van der Waals surface area contributed by atoms with Gasteiger partial charge in [-0.3, -0.25) is 0 Å². The zero-order valence-electron chi connectivity index (χ0n) is 23.4. The lowest BCUT2D eigenvalue weighted by Crippen LogP contribution is -1.92. The van der Waals surface area contributed by atoms with Crippen LogP contribution >= 0.6 is 0 Å². The van der Waals surface area contributed by atoms with Gasteiger partial charge < -0.3 is 4.42 Å². The first-order chi connectivity index (χ1) is 21.4. The molecule has 43 heavy (non-hydrogen) atoms. The molecule has 0 bridgehead atoms. The van der Waals surface area contributed by atoms with Crippen LogP contribution in [-0.4, -0.2) is 0 Å². The highest BCUT2D eigenvalue weighted by molar-refractivity contribution is 6.26. The second kappa shape index (κ2) is 9.44. The number of hydrogen-bond acceptors (Lipinski definition) is 1. The average molecular weight is 547 g/mol. The minimum Gasteiger partial charge on any atom is -0.455 e. The number of benzene rings is 8. The van der Waals surface area contributed by atoms with E-state index in [1.165, 1.54) is 54.2 Å². The van der Waals surface area contributed by atoms with E-state index in [1.807, 2.05) is 0 Å². The highest BCUT2D eigenvalue weighted by Gasteiger charge is 2.25. The lowest BCUT2D eigenvalue weighted by molar-refractivity contribution is 0.634. The summed E-state index contributed by atoms with van der Waals surface area (Å²) in [7, 11) is 0. The molecule has 8 aromatic carbocycles. The molecule has 0 aliphatic rings. The Morgan fingerprint density at radius 3 is 1.51 bits per heavy atom. The van der Waals surface area contributed by atoms with Gasteiger partial charge in [0.15, 0.2) is 0 Å². The molecular formula is C42H26O. The molecule has 0 saturated carbocycles. The summed E-state index contributed by atoms with van der Waals surface area (Å²) in [5.41, 5.74) is 6.83. The fraction of sp³-hybridized carbons (Fsp3) is 0. The maximum absolute atomic E-state index is 6.98. The molecule has 9 rings (SSSR count). The standard InChI is InChI=1S/C42H26O/c1-2-15-29(16-3-1)38-41-31-19-7-5-14-28(31)25-26-37(41)43-42(38)40-35-22-10-8-20-33(35)39(34-21-9-11-23-36(34)40)32-24-12-17-27-13-4-6-18-30(27)32/h1-26H. The van der Waals surface area contributed by atoms with E-state index in [2.05, 4.69) is 158 Å². The van der Waals surface area contributed by atoms with Crippen LogP contribution in [0.3, 0.4) is 0 Å². The van der Waals surface area contributed by atoms with E-state index in [0.717, 1.165) is 33.4 Å². The minimum absolute atomic E-state index is 0.902. The molecule has 0 saturated heterocycles. The average Bonchev–Trinajstić information content (AvgIpc) is 3.47. The fourth-order valence-corrected chi connectivity index (χ4v) is 7.03. The van der Waals surface area contributed by atoms with Crippen molar-refractivity contribution in [1.82, 2.24) is 0 Å². The monoisotopic (exact) mass is 546 g/mol. The van der Waals surface area contributed by atoms with Crippen LogP contribution in [0, 0.1) is 0 Å². The summed E-state index contributed by atoms with van der Waals surface area (Å²) in [6.07, 6.45) is 0. The smallest absolute Gasteiger partial charge is 0.144 e. The topological polar surface area (TPSA) is 13.1 Å². The summed E-state index contributed by atoms with van der Waals surface area (Å²) in [4.78, 5) is 0. The number of fused-ring (bicyclic) bond motifs is 6. The van der Waals surface area contributed by atoms with Crippen LogP contribution in [-0.2, 0) is 0 Å². The van der Waals surface area contributed by atoms with Crippen molar-refractivity contribution in [1.29, 1.82) is 0 Å². The third kappa shape index (κ3) is 3.58. The maximum atomic E-state index is 6.98. The van der Waals surface area contributed by atoms with Crippen LogP contribution in [0.2, 0.25) is 0 Å². The predicted octanol–water partition coefficient (Wildman–Crippen LogP) is 12.0. The lowest BCUT2D eigenvalue weighted by Gasteiger charge is -2.18. The first-order valence-corrected chi connectivity index (χ1v) is 14.8. The molecule has 1 heteroatoms. The third-order valence-corrected chi connectivity index (χ3v) is 8.86. The Balaban J connectivity index is 1.48. The van der Waals surface area contributed by atoms with Crippen molar-refractivity contribution in [2.75, 3.05) is 0 Å². The number of hydrogen-bond donors (Lipinski definition) is 0. The van der Waals surface area contributed by atoms with E-state index in [1.54, 1.807) is 0 Å². The lowest BCUT2D eigenvalue weighted by atomic mass is 9.84. The van der Waals surface area contributed by atoms with E-state index in [9.17, 15) is 0 Å². The normalized spacial score (nSPS) is 11.7. The van der Waals surface area contributed by atoms with Crippen molar-refractivity contribution in [2.24, 2.45) is 0 Å². The Hall–Kier alpha value is -5.66. The Morgan fingerprint density at radius 1 is 0.326 bits per heavy atom. The van der Waals surface area contributed by atoms with Gasteiger partial charge in [0.25, 0.3) is 0 Å². The van der Waals surface area contributed by atoms with Crippen molar-refractivity contribution in [3.8, 4) is 33.6 Å². The second-order valence-corrected chi connectivity index (χ2v) is 11.2. The molecule has 0 aliphatic heterocycles. The van der Waals surface area contributed by atoms with E-state index in [-0.39, 0.29) is 0 Å². The Kier molecular flexibility index (Phi) is 5.27. The van der Waals surface area contributed by atoms with Gasteiger partial charge in [-0.15, -0.1) is 0 Å². The molecule has 0 N–H and O–H groups in total. The predicted molar refractivity (Wildman–Crippen MR) is 183 cm³/mol. The largest absolute Gasteiger partial charge is 0.455 e. The van der Waals surface area contributed by atoms with Crippen molar-refractivity contribution >= 4 is 54.1 Å². The Labute approximate surface area is 249 Å². The SMILES string of the molecule is c1ccc(-c2c(-c3c4ccccc4c(-c4cccc5ccccc45)c4ccccc34)oc3ccc4ccccc4c23)cc1. The number of rotatable bonds is 3. The highest BCUT2D eigenvalue weighted by atomic mass is 16.3. The van der Waals surface area contributed by atoms with E-state index in [4.69, 9.17) is 4.42 Å². The van der Waals surface area contributed by atoms with Crippen LogP contribution < -0.4 is 0 Å². The molecule has 200 valence electrons. The second-order valence-electron chi connectivity index (χ2n) is 11.2. The van der Waals surface area contributed by atoms with Gasteiger partial charge in [-0.25, -0.2) is 0 Å². The summed E-state index contributed by atoms with van der Waals surface area (Å²) < 4.78 is 6.98. The van der Waals surface area contributed by atoms with Crippen molar-refractivity contribution in [3.63, 3.8) is 0 Å². The van der Waals surface area contributed by atoms with Gasteiger partial charge in [0.1, 0.15) is 11.3 Å². The zero-order chi connectivity index (χ0) is 28.3. The van der Waals surface area contributed by atoms with E-state index >= 15 is 0 Å².